The van der Waals surface area contributed by atoms with Gasteiger partial charge in [0.2, 0.25) is 0 Å². The molecule has 2 aromatic rings. The lowest BCUT2D eigenvalue weighted by molar-refractivity contribution is 0.273. The van der Waals surface area contributed by atoms with Crippen LogP contribution in [-0.4, -0.2) is 23.9 Å². The molecule has 1 aromatic carbocycles. The zero-order valence-electron chi connectivity index (χ0n) is 12.6. The normalized spacial score (nSPS) is 10.7. The molecule has 0 radical (unpaired) electrons. The number of H-pyrrole nitrogens is 1. The Hall–Kier alpha value is -2.30. The van der Waals surface area contributed by atoms with Crippen LogP contribution >= 0.6 is 0 Å². The average Bonchev–Trinajstić information content (AvgIpc) is 2.48. The molecule has 0 spiro atoms. The summed E-state index contributed by atoms with van der Waals surface area (Å²) in [5.74, 6) is 1.97. The first-order valence-corrected chi connectivity index (χ1v) is 6.97. The summed E-state index contributed by atoms with van der Waals surface area (Å²) in [5, 5.41) is 6.42. The summed E-state index contributed by atoms with van der Waals surface area (Å²) in [5.41, 5.74) is 1.32. The highest BCUT2D eigenvalue weighted by Crippen LogP contribution is 2.31. The number of ether oxygens (including phenoxy) is 2. The van der Waals surface area contributed by atoms with Gasteiger partial charge >= 0.3 is 0 Å². The maximum Gasteiger partial charge on any atom is 0.264 e. The van der Waals surface area contributed by atoms with Crippen LogP contribution in [0, 0.1) is 5.92 Å². The van der Waals surface area contributed by atoms with E-state index >= 15 is 0 Å². The summed E-state index contributed by atoms with van der Waals surface area (Å²) in [6.07, 6.45) is 0.992. The van der Waals surface area contributed by atoms with Gasteiger partial charge < -0.3 is 9.47 Å². The highest BCUT2D eigenvalue weighted by molar-refractivity contribution is 5.63. The van der Waals surface area contributed by atoms with E-state index < -0.39 is 0 Å². The monoisotopic (exact) mass is 288 g/mol. The van der Waals surface area contributed by atoms with Crippen molar-refractivity contribution in [2.24, 2.45) is 5.92 Å². The van der Waals surface area contributed by atoms with Crippen molar-refractivity contribution < 1.29 is 9.47 Å². The molecule has 112 valence electrons. The van der Waals surface area contributed by atoms with Gasteiger partial charge in [-0.1, -0.05) is 13.8 Å². The number of rotatable bonds is 6. The molecule has 2 rings (SSSR count). The van der Waals surface area contributed by atoms with E-state index in [1.54, 1.807) is 13.2 Å². The molecule has 0 unspecified atom stereocenters. The highest BCUT2D eigenvalue weighted by Gasteiger charge is 2.08. The van der Waals surface area contributed by atoms with Gasteiger partial charge in [-0.25, -0.2) is 5.10 Å². The number of aromatic amines is 1. The zero-order valence-corrected chi connectivity index (χ0v) is 12.6. The third-order valence-corrected chi connectivity index (χ3v) is 3.09. The number of nitrogens with zero attached hydrogens (tertiary/aromatic N) is 1. The van der Waals surface area contributed by atoms with Gasteiger partial charge in [-0.2, -0.15) is 5.10 Å². The lowest BCUT2D eigenvalue weighted by atomic mass is 10.1. The van der Waals surface area contributed by atoms with E-state index in [1.807, 2.05) is 18.2 Å². The molecule has 0 atom stereocenters. The Bertz CT molecular complexity index is 630. The van der Waals surface area contributed by atoms with Crippen molar-refractivity contribution in [3.8, 4) is 22.8 Å². The van der Waals surface area contributed by atoms with Gasteiger partial charge in [0.25, 0.3) is 5.56 Å². The fourth-order valence-electron chi connectivity index (χ4n) is 1.86. The summed E-state index contributed by atoms with van der Waals surface area (Å²) >= 11 is 0. The first-order valence-electron chi connectivity index (χ1n) is 6.97. The van der Waals surface area contributed by atoms with E-state index in [9.17, 15) is 4.79 Å². The molecule has 0 aliphatic carbocycles. The molecule has 1 N–H and O–H groups in total. The maximum atomic E-state index is 11.0. The largest absolute Gasteiger partial charge is 0.493 e. The summed E-state index contributed by atoms with van der Waals surface area (Å²) in [7, 11) is 1.61. The van der Waals surface area contributed by atoms with Crippen molar-refractivity contribution >= 4 is 0 Å². The highest BCUT2D eigenvalue weighted by atomic mass is 16.5. The zero-order chi connectivity index (χ0) is 15.2. The van der Waals surface area contributed by atoms with Gasteiger partial charge in [0, 0.05) is 11.6 Å². The van der Waals surface area contributed by atoms with E-state index in [2.05, 4.69) is 24.0 Å². The first-order chi connectivity index (χ1) is 10.1. The fraction of sp³-hybridized carbons (Fsp3) is 0.375. The second kappa shape index (κ2) is 6.92. The third kappa shape index (κ3) is 4.08. The lowest BCUT2D eigenvalue weighted by Gasteiger charge is -2.12. The molecule has 0 aliphatic heterocycles. The molecule has 5 heteroatoms. The minimum Gasteiger partial charge on any atom is -0.493 e. The van der Waals surface area contributed by atoms with Crippen molar-refractivity contribution in [3.63, 3.8) is 0 Å². The van der Waals surface area contributed by atoms with E-state index in [1.165, 1.54) is 6.07 Å². The van der Waals surface area contributed by atoms with Crippen molar-refractivity contribution in [1.29, 1.82) is 0 Å². The average molecular weight is 288 g/mol. The molecule has 21 heavy (non-hydrogen) atoms. The van der Waals surface area contributed by atoms with Crippen molar-refractivity contribution in [3.05, 3.63) is 40.7 Å². The SMILES string of the molecule is COc1cc(-c2ccc(=O)[nH]n2)ccc1OCCC(C)C. The van der Waals surface area contributed by atoms with Crippen LogP contribution in [0.3, 0.4) is 0 Å². The summed E-state index contributed by atoms with van der Waals surface area (Å²) in [6, 6.07) is 8.73. The third-order valence-electron chi connectivity index (χ3n) is 3.09. The minimum absolute atomic E-state index is 0.223. The number of benzene rings is 1. The molecule has 5 nitrogen and oxygen atoms in total. The molecule has 0 saturated heterocycles. The van der Waals surface area contributed by atoms with Gasteiger partial charge in [-0.15, -0.1) is 0 Å². The molecule has 0 aliphatic rings. The van der Waals surface area contributed by atoms with Crippen LogP contribution in [0.1, 0.15) is 20.3 Å². The van der Waals surface area contributed by atoms with Crippen LogP contribution in [0.25, 0.3) is 11.3 Å². The van der Waals surface area contributed by atoms with Crippen molar-refractivity contribution in [2.45, 2.75) is 20.3 Å². The number of hydrogen-bond donors (Lipinski definition) is 1. The number of methoxy groups -OCH3 is 1. The number of nitrogens with one attached hydrogen (secondary N) is 1. The van der Waals surface area contributed by atoms with Crippen LogP contribution in [0.4, 0.5) is 0 Å². The summed E-state index contributed by atoms with van der Waals surface area (Å²) in [4.78, 5) is 11.0. The Balaban J connectivity index is 2.19. The molecule has 0 amide bonds. The van der Waals surface area contributed by atoms with Gasteiger partial charge in [0.1, 0.15) is 0 Å². The van der Waals surface area contributed by atoms with E-state index in [0.717, 1.165) is 12.0 Å². The Kier molecular flexibility index (Phi) is 4.98. The molecular formula is C16H20N2O3. The van der Waals surface area contributed by atoms with Crippen LogP contribution in [-0.2, 0) is 0 Å². The molecule has 0 fully saturated rings. The van der Waals surface area contributed by atoms with Crippen LogP contribution < -0.4 is 15.0 Å². The standard InChI is InChI=1S/C16H20N2O3/c1-11(2)8-9-21-14-6-4-12(10-15(14)20-3)13-5-7-16(19)18-17-13/h4-7,10-11H,8-9H2,1-3H3,(H,18,19). The van der Waals surface area contributed by atoms with Crippen LogP contribution in [0.5, 0.6) is 11.5 Å². The molecule has 1 aromatic heterocycles. The Morgan fingerprint density at radius 1 is 1.19 bits per heavy atom. The summed E-state index contributed by atoms with van der Waals surface area (Å²) in [6.45, 7) is 4.97. The number of hydrogen-bond acceptors (Lipinski definition) is 4. The van der Waals surface area contributed by atoms with Gasteiger partial charge in [-0.3, -0.25) is 4.79 Å². The molecule has 0 saturated carbocycles. The van der Waals surface area contributed by atoms with Crippen LogP contribution in [0.2, 0.25) is 0 Å². The lowest BCUT2D eigenvalue weighted by Crippen LogP contribution is -2.06. The summed E-state index contributed by atoms with van der Waals surface area (Å²) < 4.78 is 11.1. The first kappa shape index (κ1) is 15.1. The molecule has 1 heterocycles. The van der Waals surface area contributed by atoms with Gasteiger partial charge in [0.15, 0.2) is 11.5 Å². The van der Waals surface area contributed by atoms with Crippen LogP contribution in [0.15, 0.2) is 35.1 Å². The fourth-order valence-corrected chi connectivity index (χ4v) is 1.86. The smallest absolute Gasteiger partial charge is 0.264 e. The van der Waals surface area contributed by atoms with Crippen molar-refractivity contribution in [1.82, 2.24) is 10.2 Å². The molecule has 0 bridgehead atoms. The predicted molar refractivity (Wildman–Crippen MR) is 81.8 cm³/mol. The Morgan fingerprint density at radius 2 is 2.00 bits per heavy atom. The van der Waals surface area contributed by atoms with Gasteiger partial charge in [-0.05, 0) is 36.6 Å². The Morgan fingerprint density at radius 3 is 2.62 bits per heavy atom. The Labute approximate surface area is 123 Å². The quantitative estimate of drug-likeness (QED) is 0.887. The second-order valence-electron chi connectivity index (χ2n) is 5.20. The maximum absolute atomic E-state index is 11.0. The topological polar surface area (TPSA) is 64.2 Å². The van der Waals surface area contributed by atoms with E-state index in [4.69, 9.17) is 9.47 Å². The molecular weight excluding hydrogens is 268 g/mol. The predicted octanol–water partition coefficient (Wildman–Crippen LogP) is 2.87. The van der Waals surface area contributed by atoms with Crippen molar-refractivity contribution in [2.75, 3.05) is 13.7 Å². The van der Waals surface area contributed by atoms with E-state index in [-0.39, 0.29) is 5.56 Å². The van der Waals surface area contributed by atoms with Gasteiger partial charge in [0.05, 0.1) is 19.4 Å². The second-order valence-corrected chi connectivity index (χ2v) is 5.20. The number of aromatic nitrogens is 2. The van der Waals surface area contributed by atoms with E-state index in [0.29, 0.717) is 29.7 Å². The minimum atomic E-state index is -0.223.